The lowest BCUT2D eigenvalue weighted by molar-refractivity contribution is -0.155. The highest BCUT2D eigenvalue weighted by atomic mass is 32.2. The Bertz CT molecular complexity index is 347. The van der Waals surface area contributed by atoms with Crippen molar-refractivity contribution in [1.82, 2.24) is 0 Å². The number of rotatable bonds is 9. The Hall–Kier alpha value is -1.24. The summed E-state index contributed by atoms with van der Waals surface area (Å²) in [6, 6.07) is 0. The summed E-state index contributed by atoms with van der Waals surface area (Å²) in [5, 5.41) is 16.5. The molecule has 0 aromatic heterocycles. The van der Waals surface area contributed by atoms with Crippen LogP contribution in [-0.2, 0) is 19.1 Å². The molecule has 0 aromatic carbocycles. The van der Waals surface area contributed by atoms with Gasteiger partial charge in [-0.1, -0.05) is 0 Å². The molecule has 0 aliphatic heterocycles. The van der Waals surface area contributed by atoms with E-state index in [4.69, 9.17) is 14.9 Å². The van der Waals surface area contributed by atoms with Gasteiger partial charge in [0.25, 0.3) is 0 Å². The number of thioether (sulfide) groups is 1. The van der Waals surface area contributed by atoms with Crippen LogP contribution in [-0.4, -0.2) is 44.7 Å². The van der Waals surface area contributed by atoms with Gasteiger partial charge in [0.1, 0.15) is 10.9 Å². The smallest absolute Gasteiger partial charge is 0.317 e. The number of hydrogen-bond donors (Lipinski definition) is 2. The molecule has 0 fully saturated rings. The Morgan fingerprint density at radius 3 is 2.20 bits per heavy atom. The molecule has 0 saturated heterocycles. The Morgan fingerprint density at radius 1 is 1.15 bits per heavy atom. The van der Waals surface area contributed by atoms with Crippen molar-refractivity contribution in [2.75, 3.05) is 5.75 Å². The SMILES string of the molecule is CC(C)(C)OC(=O)CCCCSC(CC(=O)O)C(=O)O. The van der Waals surface area contributed by atoms with E-state index in [0.29, 0.717) is 18.6 Å². The minimum atomic E-state index is -1.13. The van der Waals surface area contributed by atoms with Crippen LogP contribution in [0.5, 0.6) is 0 Å². The highest BCUT2D eigenvalue weighted by molar-refractivity contribution is 8.00. The molecule has 6 nitrogen and oxygen atoms in total. The molecule has 20 heavy (non-hydrogen) atoms. The minimum absolute atomic E-state index is 0.275. The number of hydrogen-bond acceptors (Lipinski definition) is 5. The topological polar surface area (TPSA) is 101 Å². The van der Waals surface area contributed by atoms with Gasteiger partial charge in [-0.3, -0.25) is 14.4 Å². The quantitative estimate of drug-likeness (QED) is 0.497. The summed E-state index contributed by atoms with van der Waals surface area (Å²) < 4.78 is 5.14. The van der Waals surface area contributed by atoms with Crippen LogP contribution in [0.1, 0.15) is 46.5 Å². The van der Waals surface area contributed by atoms with Gasteiger partial charge in [-0.05, 0) is 39.4 Å². The van der Waals surface area contributed by atoms with E-state index in [2.05, 4.69) is 0 Å². The van der Waals surface area contributed by atoms with Gasteiger partial charge < -0.3 is 14.9 Å². The van der Waals surface area contributed by atoms with Crippen LogP contribution in [0.3, 0.4) is 0 Å². The maximum atomic E-state index is 11.4. The van der Waals surface area contributed by atoms with E-state index >= 15 is 0 Å². The molecule has 0 aliphatic rings. The number of carboxylic acid groups (broad SMARTS) is 2. The molecular weight excluding hydrogens is 284 g/mol. The highest BCUT2D eigenvalue weighted by Crippen LogP contribution is 2.18. The largest absolute Gasteiger partial charge is 0.481 e. The fourth-order valence-electron chi connectivity index (χ4n) is 1.37. The lowest BCUT2D eigenvalue weighted by Gasteiger charge is -2.19. The predicted molar refractivity (Wildman–Crippen MR) is 75.8 cm³/mol. The molecule has 0 aliphatic carbocycles. The fourth-order valence-corrected chi connectivity index (χ4v) is 2.42. The average Bonchev–Trinajstić information content (AvgIpc) is 2.23. The van der Waals surface area contributed by atoms with E-state index < -0.39 is 29.2 Å². The number of carbonyl (C=O) groups excluding carboxylic acids is 1. The summed E-state index contributed by atoms with van der Waals surface area (Å²) in [4.78, 5) is 32.7. The van der Waals surface area contributed by atoms with E-state index in [1.165, 1.54) is 0 Å². The van der Waals surface area contributed by atoms with Crippen LogP contribution in [0, 0.1) is 0 Å². The first kappa shape index (κ1) is 18.8. The molecule has 0 amide bonds. The van der Waals surface area contributed by atoms with Crippen LogP contribution in [0.2, 0.25) is 0 Å². The predicted octanol–water partition coefficient (Wildman–Crippen LogP) is 2.16. The average molecular weight is 306 g/mol. The standard InChI is InChI=1S/C13H22O6S/c1-13(2,3)19-11(16)6-4-5-7-20-9(12(17)18)8-10(14)15/h9H,4-8H2,1-3H3,(H,14,15)(H,17,18). The molecule has 0 radical (unpaired) electrons. The van der Waals surface area contributed by atoms with Gasteiger partial charge in [0.15, 0.2) is 0 Å². The monoisotopic (exact) mass is 306 g/mol. The van der Waals surface area contributed by atoms with Crippen molar-refractivity contribution in [2.24, 2.45) is 0 Å². The summed E-state index contributed by atoms with van der Waals surface area (Å²) in [5.41, 5.74) is -0.498. The first-order valence-electron chi connectivity index (χ1n) is 6.40. The van der Waals surface area contributed by atoms with E-state index in [-0.39, 0.29) is 12.4 Å². The third-order valence-corrected chi connectivity index (χ3v) is 3.44. The van der Waals surface area contributed by atoms with Gasteiger partial charge in [0.05, 0.1) is 6.42 Å². The zero-order valence-corrected chi connectivity index (χ0v) is 12.9. The Labute approximate surface area is 122 Å². The van der Waals surface area contributed by atoms with Crippen LogP contribution < -0.4 is 0 Å². The van der Waals surface area contributed by atoms with Gasteiger partial charge in [0, 0.05) is 6.42 Å². The highest BCUT2D eigenvalue weighted by Gasteiger charge is 2.21. The van der Waals surface area contributed by atoms with Gasteiger partial charge in [-0.2, -0.15) is 0 Å². The Morgan fingerprint density at radius 2 is 1.75 bits per heavy atom. The number of carbonyl (C=O) groups is 3. The molecule has 116 valence electrons. The third kappa shape index (κ3) is 10.7. The molecule has 1 unspecified atom stereocenters. The van der Waals surface area contributed by atoms with Crippen molar-refractivity contribution in [3.05, 3.63) is 0 Å². The molecule has 0 saturated carbocycles. The molecular formula is C13H22O6S. The maximum Gasteiger partial charge on any atom is 0.317 e. The van der Waals surface area contributed by atoms with Crippen molar-refractivity contribution < 1.29 is 29.3 Å². The molecule has 7 heteroatoms. The van der Waals surface area contributed by atoms with Gasteiger partial charge in [-0.15, -0.1) is 11.8 Å². The van der Waals surface area contributed by atoms with Crippen molar-refractivity contribution in [3.8, 4) is 0 Å². The van der Waals surface area contributed by atoms with E-state index in [1.807, 2.05) is 0 Å². The van der Waals surface area contributed by atoms with Crippen LogP contribution in [0.25, 0.3) is 0 Å². The molecule has 0 spiro atoms. The minimum Gasteiger partial charge on any atom is -0.481 e. The van der Waals surface area contributed by atoms with Crippen molar-refractivity contribution in [2.45, 2.75) is 57.3 Å². The molecule has 0 rings (SSSR count). The zero-order chi connectivity index (χ0) is 15.8. The first-order chi connectivity index (χ1) is 9.11. The molecule has 0 heterocycles. The lowest BCUT2D eigenvalue weighted by Crippen LogP contribution is -2.23. The Kier molecular flexibility index (Phi) is 8.29. The summed E-state index contributed by atoms with van der Waals surface area (Å²) in [6.45, 7) is 5.39. The molecule has 2 N–H and O–H groups in total. The van der Waals surface area contributed by atoms with Crippen molar-refractivity contribution >= 4 is 29.7 Å². The summed E-state index contributed by atoms with van der Waals surface area (Å²) in [5.74, 6) is -2.02. The second kappa shape index (κ2) is 8.84. The number of unbranched alkanes of at least 4 members (excludes halogenated alkanes) is 1. The van der Waals surface area contributed by atoms with Gasteiger partial charge >= 0.3 is 17.9 Å². The molecule has 0 aromatic rings. The zero-order valence-electron chi connectivity index (χ0n) is 12.0. The Balaban J connectivity index is 3.82. The van der Waals surface area contributed by atoms with Crippen molar-refractivity contribution in [3.63, 3.8) is 0 Å². The molecule has 0 bridgehead atoms. The number of aliphatic carboxylic acids is 2. The van der Waals surface area contributed by atoms with Crippen molar-refractivity contribution in [1.29, 1.82) is 0 Å². The third-order valence-electron chi connectivity index (χ3n) is 2.15. The number of ether oxygens (including phenoxy) is 1. The van der Waals surface area contributed by atoms with E-state index in [0.717, 1.165) is 11.8 Å². The van der Waals surface area contributed by atoms with Gasteiger partial charge in [-0.25, -0.2) is 0 Å². The van der Waals surface area contributed by atoms with Crippen LogP contribution in [0.15, 0.2) is 0 Å². The fraction of sp³-hybridized carbons (Fsp3) is 0.769. The summed E-state index contributed by atoms with van der Waals surface area (Å²) >= 11 is 1.09. The second-order valence-corrected chi connectivity index (χ2v) is 6.65. The normalized spacial score (nSPS) is 12.8. The van der Waals surface area contributed by atoms with E-state index in [9.17, 15) is 14.4 Å². The van der Waals surface area contributed by atoms with Crippen LogP contribution >= 0.6 is 11.8 Å². The molecule has 1 atom stereocenters. The van der Waals surface area contributed by atoms with E-state index in [1.54, 1.807) is 20.8 Å². The second-order valence-electron chi connectivity index (χ2n) is 5.34. The summed E-state index contributed by atoms with van der Waals surface area (Å²) in [6.07, 6.45) is 1.13. The number of carboxylic acids is 2. The van der Waals surface area contributed by atoms with Gasteiger partial charge in [0.2, 0.25) is 0 Å². The number of esters is 1. The maximum absolute atomic E-state index is 11.4. The summed E-state index contributed by atoms with van der Waals surface area (Å²) in [7, 11) is 0. The first-order valence-corrected chi connectivity index (χ1v) is 7.44. The van der Waals surface area contributed by atoms with Crippen LogP contribution in [0.4, 0.5) is 0 Å². The lowest BCUT2D eigenvalue weighted by atomic mass is 10.2.